The second-order valence-electron chi connectivity index (χ2n) is 4.56. The van der Waals surface area contributed by atoms with E-state index in [2.05, 4.69) is 15.3 Å². The molecule has 6 heteroatoms. The van der Waals surface area contributed by atoms with Crippen LogP contribution in [0.5, 0.6) is 0 Å². The van der Waals surface area contributed by atoms with E-state index in [1.54, 1.807) is 23.7 Å². The van der Waals surface area contributed by atoms with E-state index in [1.165, 1.54) is 11.3 Å². The lowest BCUT2D eigenvalue weighted by atomic mass is 10.2. The average Bonchev–Trinajstić information content (AvgIpc) is 3.06. The van der Waals surface area contributed by atoms with Gasteiger partial charge in [0.25, 0.3) is 5.91 Å². The number of hydrogen-bond donors (Lipinski definition) is 1. The highest BCUT2D eigenvalue weighted by Crippen LogP contribution is 2.26. The Kier molecular flexibility index (Phi) is 3.81. The molecule has 0 unspecified atom stereocenters. The Labute approximate surface area is 130 Å². The summed E-state index contributed by atoms with van der Waals surface area (Å²) in [4.78, 5) is 22.9. The van der Waals surface area contributed by atoms with Gasteiger partial charge >= 0.3 is 0 Å². The van der Waals surface area contributed by atoms with E-state index in [1.807, 2.05) is 37.4 Å². The zero-order valence-corrected chi connectivity index (χ0v) is 13.2. The Morgan fingerprint density at radius 3 is 2.86 bits per heavy atom. The number of rotatable bonds is 3. The van der Waals surface area contributed by atoms with Crippen molar-refractivity contribution in [1.82, 2.24) is 9.97 Å². The van der Waals surface area contributed by atoms with Crippen LogP contribution in [-0.4, -0.2) is 15.9 Å². The van der Waals surface area contributed by atoms with Crippen molar-refractivity contribution >= 4 is 33.7 Å². The lowest BCUT2D eigenvalue weighted by Gasteiger charge is -2.00. The molecule has 0 aliphatic rings. The quantitative estimate of drug-likeness (QED) is 0.790. The first-order valence-electron chi connectivity index (χ1n) is 6.38. The fourth-order valence-electron chi connectivity index (χ4n) is 2.00. The first-order valence-corrected chi connectivity index (χ1v) is 8.07. The molecule has 21 heavy (non-hydrogen) atoms. The molecular weight excluding hydrogens is 302 g/mol. The van der Waals surface area contributed by atoms with Gasteiger partial charge in [0.05, 0.1) is 11.3 Å². The molecule has 0 aliphatic heterocycles. The lowest BCUT2D eigenvalue weighted by Crippen LogP contribution is -2.11. The SMILES string of the molecule is Cc1cc(C(=O)Nc2nc(-c3cccnc3)cs2)c(C)s1. The summed E-state index contributed by atoms with van der Waals surface area (Å²) < 4.78 is 0. The van der Waals surface area contributed by atoms with E-state index < -0.39 is 0 Å². The zero-order valence-electron chi connectivity index (χ0n) is 11.6. The first-order chi connectivity index (χ1) is 10.1. The summed E-state index contributed by atoms with van der Waals surface area (Å²) in [5.74, 6) is -0.107. The van der Waals surface area contributed by atoms with Crippen molar-refractivity contribution in [3.8, 4) is 11.3 Å². The molecule has 3 aromatic rings. The van der Waals surface area contributed by atoms with Crippen LogP contribution in [0.1, 0.15) is 20.1 Å². The summed E-state index contributed by atoms with van der Waals surface area (Å²) in [5.41, 5.74) is 2.48. The van der Waals surface area contributed by atoms with Crippen molar-refractivity contribution in [1.29, 1.82) is 0 Å². The van der Waals surface area contributed by atoms with Gasteiger partial charge in [0.1, 0.15) is 0 Å². The van der Waals surface area contributed by atoms with Crippen LogP contribution in [0.15, 0.2) is 36.0 Å². The molecule has 1 N–H and O–H groups in total. The number of carbonyl (C=O) groups excluding carboxylic acids is 1. The largest absolute Gasteiger partial charge is 0.298 e. The molecule has 1 amide bonds. The number of nitrogens with one attached hydrogen (secondary N) is 1. The van der Waals surface area contributed by atoms with Gasteiger partial charge in [0.15, 0.2) is 5.13 Å². The molecule has 0 atom stereocenters. The van der Waals surface area contributed by atoms with Crippen molar-refractivity contribution in [3.05, 3.63) is 51.3 Å². The summed E-state index contributed by atoms with van der Waals surface area (Å²) in [5, 5.41) is 5.37. The summed E-state index contributed by atoms with van der Waals surface area (Å²) in [6.45, 7) is 3.95. The minimum atomic E-state index is -0.107. The predicted molar refractivity (Wildman–Crippen MR) is 87.1 cm³/mol. The van der Waals surface area contributed by atoms with Crippen molar-refractivity contribution in [3.63, 3.8) is 0 Å². The maximum atomic E-state index is 12.2. The lowest BCUT2D eigenvalue weighted by molar-refractivity contribution is 0.102. The first kappa shape index (κ1) is 13.9. The molecule has 0 radical (unpaired) electrons. The maximum absolute atomic E-state index is 12.2. The monoisotopic (exact) mass is 315 g/mol. The van der Waals surface area contributed by atoms with Gasteiger partial charge in [-0.3, -0.25) is 15.1 Å². The van der Waals surface area contributed by atoms with Crippen molar-refractivity contribution in [2.45, 2.75) is 13.8 Å². The molecule has 106 valence electrons. The number of thiazole rings is 1. The number of aromatic nitrogens is 2. The molecule has 0 aromatic carbocycles. The van der Waals surface area contributed by atoms with E-state index in [-0.39, 0.29) is 5.91 Å². The minimum absolute atomic E-state index is 0.107. The van der Waals surface area contributed by atoms with Crippen LogP contribution < -0.4 is 5.32 Å². The molecule has 0 bridgehead atoms. The maximum Gasteiger partial charge on any atom is 0.258 e. The number of thiophene rings is 1. The van der Waals surface area contributed by atoms with Gasteiger partial charge in [-0.05, 0) is 32.0 Å². The highest BCUT2D eigenvalue weighted by molar-refractivity contribution is 7.14. The molecule has 0 saturated heterocycles. The summed E-state index contributed by atoms with van der Waals surface area (Å²) in [6.07, 6.45) is 3.48. The number of hydrogen-bond acceptors (Lipinski definition) is 5. The van der Waals surface area contributed by atoms with Crippen LogP contribution in [0.4, 0.5) is 5.13 Å². The Balaban J connectivity index is 1.79. The van der Waals surface area contributed by atoms with Crippen molar-refractivity contribution in [2.24, 2.45) is 0 Å². The van der Waals surface area contributed by atoms with Gasteiger partial charge in [0, 0.05) is 33.1 Å². The van der Waals surface area contributed by atoms with Crippen LogP contribution in [0.3, 0.4) is 0 Å². The number of aryl methyl sites for hydroxylation is 2. The summed E-state index contributed by atoms with van der Waals surface area (Å²) in [7, 11) is 0. The topological polar surface area (TPSA) is 54.9 Å². The fraction of sp³-hybridized carbons (Fsp3) is 0.133. The molecule has 0 spiro atoms. The molecule has 0 saturated carbocycles. The van der Waals surface area contributed by atoms with Gasteiger partial charge in [-0.15, -0.1) is 22.7 Å². The normalized spacial score (nSPS) is 10.6. The number of carbonyl (C=O) groups is 1. The third-order valence-electron chi connectivity index (χ3n) is 2.97. The van der Waals surface area contributed by atoms with E-state index in [0.29, 0.717) is 5.13 Å². The Morgan fingerprint density at radius 1 is 1.33 bits per heavy atom. The predicted octanol–water partition coefficient (Wildman–Crippen LogP) is 4.14. The smallest absolute Gasteiger partial charge is 0.258 e. The zero-order chi connectivity index (χ0) is 14.8. The average molecular weight is 315 g/mol. The third-order valence-corrected chi connectivity index (χ3v) is 4.69. The van der Waals surface area contributed by atoms with Crippen LogP contribution >= 0.6 is 22.7 Å². The standard InChI is InChI=1S/C15H13N3OS2/c1-9-6-12(10(2)21-9)14(19)18-15-17-13(8-20-15)11-4-3-5-16-7-11/h3-8H,1-2H3,(H,17,18,19). The van der Waals surface area contributed by atoms with Crippen LogP contribution in [0, 0.1) is 13.8 Å². The third kappa shape index (κ3) is 3.01. The highest BCUT2D eigenvalue weighted by atomic mass is 32.1. The number of nitrogens with zero attached hydrogens (tertiary/aromatic N) is 2. The van der Waals surface area contributed by atoms with E-state index in [0.717, 1.165) is 26.6 Å². The summed E-state index contributed by atoms with van der Waals surface area (Å²) in [6, 6.07) is 5.72. The minimum Gasteiger partial charge on any atom is -0.298 e. The van der Waals surface area contributed by atoms with Crippen LogP contribution in [-0.2, 0) is 0 Å². The van der Waals surface area contributed by atoms with Crippen LogP contribution in [0.2, 0.25) is 0 Å². The molecule has 3 aromatic heterocycles. The van der Waals surface area contributed by atoms with E-state index in [9.17, 15) is 4.79 Å². The Bertz CT molecular complexity index is 777. The molecular formula is C15H13N3OS2. The van der Waals surface area contributed by atoms with E-state index in [4.69, 9.17) is 0 Å². The Hall–Kier alpha value is -2.05. The van der Waals surface area contributed by atoms with Crippen molar-refractivity contribution in [2.75, 3.05) is 5.32 Å². The van der Waals surface area contributed by atoms with E-state index >= 15 is 0 Å². The number of amides is 1. The van der Waals surface area contributed by atoms with Gasteiger partial charge in [-0.2, -0.15) is 0 Å². The molecule has 3 heterocycles. The van der Waals surface area contributed by atoms with Crippen LogP contribution in [0.25, 0.3) is 11.3 Å². The number of anilines is 1. The second-order valence-corrected chi connectivity index (χ2v) is 6.88. The number of pyridine rings is 1. The van der Waals surface area contributed by atoms with Gasteiger partial charge in [-0.1, -0.05) is 0 Å². The van der Waals surface area contributed by atoms with Crippen molar-refractivity contribution < 1.29 is 4.79 Å². The van der Waals surface area contributed by atoms with Gasteiger partial charge < -0.3 is 0 Å². The molecule has 0 aliphatic carbocycles. The van der Waals surface area contributed by atoms with Gasteiger partial charge in [-0.25, -0.2) is 4.98 Å². The highest BCUT2D eigenvalue weighted by Gasteiger charge is 2.14. The Morgan fingerprint density at radius 2 is 2.19 bits per heavy atom. The summed E-state index contributed by atoms with van der Waals surface area (Å²) >= 11 is 3.04. The molecule has 0 fully saturated rings. The molecule has 4 nitrogen and oxygen atoms in total. The van der Waals surface area contributed by atoms with Gasteiger partial charge in [0.2, 0.25) is 0 Å². The molecule has 3 rings (SSSR count). The second kappa shape index (κ2) is 5.75. The fourth-order valence-corrected chi connectivity index (χ4v) is 3.63.